The number of hydrogen-bond donors (Lipinski definition) is 2. The lowest BCUT2D eigenvalue weighted by Gasteiger charge is -2.05. The van der Waals surface area contributed by atoms with E-state index in [1.165, 1.54) is 5.56 Å². The number of nitrogens with one attached hydrogen (secondary N) is 2. The zero-order valence-corrected chi connectivity index (χ0v) is 11.5. The molecule has 0 heterocycles. The van der Waals surface area contributed by atoms with Crippen LogP contribution in [0.1, 0.15) is 24.8 Å². The Morgan fingerprint density at radius 2 is 1.75 bits per heavy atom. The molecule has 1 aromatic rings. The van der Waals surface area contributed by atoms with Crippen molar-refractivity contribution in [3.05, 3.63) is 35.9 Å². The van der Waals surface area contributed by atoms with Gasteiger partial charge in [0.1, 0.15) is 0 Å². The smallest absolute Gasteiger partial charge is 0.224 e. The highest BCUT2D eigenvalue weighted by molar-refractivity contribution is 5.92. The molecule has 0 aliphatic heterocycles. The van der Waals surface area contributed by atoms with Crippen molar-refractivity contribution in [1.82, 2.24) is 10.6 Å². The molecule has 2 N–H and O–H groups in total. The van der Waals surface area contributed by atoms with Gasteiger partial charge in [-0.2, -0.15) is 0 Å². The lowest BCUT2D eigenvalue weighted by Crippen LogP contribution is -2.32. The normalized spacial score (nSPS) is 24.0. The summed E-state index contributed by atoms with van der Waals surface area (Å²) in [5, 5.41) is 5.89. The van der Waals surface area contributed by atoms with Crippen molar-refractivity contribution in [1.29, 1.82) is 0 Å². The van der Waals surface area contributed by atoms with E-state index < -0.39 is 0 Å². The van der Waals surface area contributed by atoms with Crippen molar-refractivity contribution in [3.63, 3.8) is 0 Å². The van der Waals surface area contributed by atoms with E-state index >= 15 is 0 Å². The summed E-state index contributed by atoms with van der Waals surface area (Å²) in [6.45, 7) is 0.635. The number of hydrogen-bond acceptors (Lipinski definition) is 2. The summed E-state index contributed by atoms with van der Waals surface area (Å²) >= 11 is 0. The molecular formula is C16H20N2O2. The van der Waals surface area contributed by atoms with Gasteiger partial charge in [0.2, 0.25) is 11.8 Å². The fourth-order valence-electron chi connectivity index (χ4n) is 2.42. The highest BCUT2D eigenvalue weighted by Crippen LogP contribution is 2.39. The predicted octanol–water partition coefficient (Wildman–Crippen LogP) is 1.26. The average Bonchev–Trinajstić information content (AvgIpc) is 3.33. The van der Waals surface area contributed by atoms with Gasteiger partial charge in [-0.05, 0) is 31.2 Å². The van der Waals surface area contributed by atoms with Crippen LogP contribution in [0.25, 0.3) is 0 Å². The molecule has 0 aromatic heterocycles. The molecule has 1 aromatic carbocycles. The number of carbonyl (C=O) groups is 2. The summed E-state index contributed by atoms with van der Waals surface area (Å²) in [5.41, 5.74) is 1.21. The van der Waals surface area contributed by atoms with E-state index in [2.05, 4.69) is 22.8 Å². The first kappa shape index (κ1) is 13.2. The topological polar surface area (TPSA) is 58.2 Å². The zero-order valence-electron chi connectivity index (χ0n) is 11.5. The minimum atomic E-state index is -0.107. The van der Waals surface area contributed by atoms with Crippen molar-refractivity contribution in [2.75, 3.05) is 6.54 Å². The summed E-state index contributed by atoms with van der Waals surface area (Å²) in [6.07, 6.45) is 3.72. The minimum absolute atomic E-state index is 0.0249. The Bertz CT molecular complexity index is 496. The molecule has 0 radical (unpaired) electrons. The largest absolute Gasteiger partial charge is 0.356 e. The summed E-state index contributed by atoms with van der Waals surface area (Å²) in [6, 6.07) is 10.5. The van der Waals surface area contributed by atoms with Crippen molar-refractivity contribution >= 4 is 11.8 Å². The Labute approximate surface area is 118 Å². The van der Waals surface area contributed by atoms with Crippen LogP contribution in [0, 0.1) is 11.8 Å². The van der Waals surface area contributed by atoms with Crippen LogP contribution in [0.4, 0.5) is 0 Å². The first-order valence-corrected chi connectivity index (χ1v) is 7.36. The summed E-state index contributed by atoms with van der Waals surface area (Å²) in [5.74, 6) is -0.107. The number of rotatable bonds is 6. The van der Waals surface area contributed by atoms with Gasteiger partial charge in [0.25, 0.3) is 0 Å². The third-order valence-electron chi connectivity index (χ3n) is 3.94. The van der Waals surface area contributed by atoms with Gasteiger partial charge < -0.3 is 10.6 Å². The minimum Gasteiger partial charge on any atom is -0.356 e. The van der Waals surface area contributed by atoms with Gasteiger partial charge in [0.05, 0.1) is 11.8 Å². The predicted molar refractivity (Wildman–Crippen MR) is 75.9 cm³/mol. The third kappa shape index (κ3) is 3.38. The van der Waals surface area contributed by atoms with Gasteiger partial charge in [-0.15, -0.1) is 0 Å². The van der Waals surface area contributed by atoms with Crippen LogP contribution < -0.4 is 10.6 Å². The number of carbonyl (C=O) groups excluding carboxylic acids is 2. The molecule has 4 nitrogen and oxygen atoms in total. The summed E-state index contributed by atoms with van der Waals surface area (Å²) in [4.78, 5) is 23.7. The summed E-state index contributed by atoms with van der Waals surface area (Å²) < 4.78 is 0. The van der Waals surface area contributed by atoms with Crippen LogP contribution in [0.5, 0.6) is 0 Å². The highest BCUT2D eigenvalue weighted by Gasteiger charge is 2.48. The molecule has 20 heavy (non-hydrogen) atoms. The molecular weight excluding hydrogens is 252 g/mol. The van der Waals surface area contributed by atoms with E-state index in [1.54, 1.807) is 0 Å². The number of amides is 2. The Kier molecular flexibility index (Phi) is 3.72. The molecule has 2 saturated carbocycles. The third-order valence-corrected chi connectivity index (χ3v) is 3.94. The molecule has 2 unspecified atom stereocenters. The molecule has 0 saturated heterocycles. The van der Waals surface area contributed by atoms with Crippen LogP contribution in [-0.4, -0.2) is 24.4 Å². The van der Waals surface area contributed by atoms with Gasteiger partial charge >= 0.3 is 0 Å². The van der Waals surface area contributed by atoms with Crippen LogP contribution in [0.3, 0.4) is 0 Å². The van der Waals surface area contributed by atoms with E-state index in [0.717, 1.165) is 19.3 Å². The standard InChI is InChI=1S/C16H20N2O2/c19-15(17-9-8-11-4-2-1-3-5-11)13-10-14(13)16(20)18-12-6-7-12/h1-5,12-14H,6-10H2,(H,17,19)(H,18,20). The molecule has 3 rings (SSSR count). The second-order valence-corrected chi connectivity index (χ2v) is 5.76. The maximum absolute atomic E-state index is 11.9. The van der Waals surface area contributed by atoms with Crippen LogP contribution in [0.15, 0.2) is 30.3 Å². The van der Waals surface area contributed by atoms with Gasteiger partial charge in [-0.3, -0.25) is 9.59 Å². The van der Waals surface area contributed by atoms with Crippen LogP contribution in [-0.2, 0) is 16.0 Å². The lowest BCUT2D eigenvalue weighted by molar-refractivity contribution is -0.127. The van der Waals surface area contributed by atoms with Gasteiger partial charge in [0, 0.05) is 12.6 Å². The molecule has 2 atom stereocenters. The van der Waals surface area contributed by atoms with E-state index in [-0.39, 0.29) is 23.7 Å². The van der Waals surface area contributed by atoms with Crippen LogP contribution >= 0.6 is 0 Å². The Morgan fingerprint density at radius 1 is 1.05 bits per heavy atom. The first-order chi connectivity index (χ1) is 9.74. The fraction of sp³-hybridized carbons (Fsp3) is 0.500. The second-order valence-electron chi connectivity index (χ2n) is 5.76. The number of benzene rings is 1. The molecule has 0 bridgehead atoms. The highest BCUT2D eigenvalue weighted by atomic mass is 16.2. The SMILES string of the molecule is O=C(NCCc1ccccc1)C1CC1C(=O)NC1CC1. The van der Waals surface area contributed by atoms with Crippen molar-refractivity contribution < 1.29 is 9.59 Å². The zero-order chi connectivity index (χ0) is 13.9. The molecule has 2 amide bonds. The Hall–Kier alpha value is -1.84. The fourth-order valence-corrected chi connectivity index (χ4v) is 2.42. The van der Waals surface area contributed by atoms with E-state index in [0.29, 0.717) is 19.0 Å². The van der Waals surface area contributed by atoms with E-state index in [4.69, 9.17) is 0 Å². The molecule has 2 fully saturated rings. The van der Waals surface area contributed by atoms with E-state index in [1.807, 2.05) is 18.2 Å². The molecule has 106 valence electrons. The second kappa shape index (κ2) is 5.65. The molecule has 4 heteroatoms. The van der Waals surface area contributed by atoms with Crippen molar-refractivity contribution in [3.8, 4) is 0 Å². The Balaban J connectivity index is 1.36. The molecule has 2 aliphatic rings. The Morgan fingerprint density at radius 3 is 2.45 bits per heavy atom. The van der Waals surface area contributed by atoms with E-state index in [9.17, 15) is 9.59 Å². The van der Waals surface area contributed by atoms with Gasteiger partial charge in [-0.25, -0.2) is 0 Å². The summed E-state index contributed by atoms with van der Waals surface area (Å²) in [7, 11) is 0. The first-order valence-electron chi connectivity index (χ1n) is 7.36. The molecule has 2 aliphatic carbocycles. The van der Waals surface area contributed by atoms with Crippen molar-refractivity contribution in [2.45, 2.75) is 31.7 Å². The average molecular weight is 272 g/mol. The maximum atomic E-state index is 11.9. The van der Waals surface area contributed by atoms with Crippen molar-refractivity contribution in [2.24, 2.45) is 11.8 Å². The van der Waals surface area contributed by atoms with Crippen LogP contribution in [0.2, 0.25) is 0 Å². The monoisotopic (exact) mass is 272 g/mol. The van der Waals surface area contributed by atoms with Gasteiger partial charge in [-0.1, -0.05) is 30.3 Å². The lowest BCUT2D eigenvalue weighted by atomic mass is 10.1. The quantitative estimate of drug-likeness (QED) is 0.819. The van der Waals surface area contributed by atoms with Gasteiger partial charge in [0.15, 0.2) is 0 Å². The maximum Gasteiger partial charge on any atom is 0.224 e. The molecule has 0 spiro atoms.